The number of methoxy groups -OCH3 is 1. The molecule has 1 rings (SSSR count). The number of rotatable bonds is 9. The topological polar surface area (TPSA) is 76.1 Å². The zero-order chi connectivity index (χ0) is 17.4. The Hall–Kier alpha value is -2.24. The van der Waals surface area contributed by atoms with Gasteiger partial charge in [-0.1, -0.05) is 13.8 Å². The molecule has 0 bridgehead atoms. The van der Waals surface area contributed by atoms with Gasteiger partial charge in [-0.15, -0.1) is 0 Å². The van der Waals surface area contributed by atoms with Crippen molar-refractivity contribution in [3.63, 3.8) is 0 Å². The Kier molecular flexibility index (Phi) is 7.38. The van der Waals surface area contributed by atoms with E-state index in [2.05, 4.69) is 13.8 Å². The van der Waals surface area contributed by atoms with Crippen LogP contribution in [0.15, 0.2) is 18.2 Å². The number of aliphatic carboxylic acids is 1. The first-order chi connectivity index (χ1) is 10.8. The van der Waals surface area contributed by atoms with E-state index in [9.17, 15) is 9.59 Å². The summed E-state index contributed by atoms with van der Waals surface area (Å²) < 4.78 is 10.9. The first kappa shape index (κ1) is 18.8. The highest BCUT2D eigenvalue weighted by Crippen LogP contribution is 2.26. The molecule has 0 heterocycles. The molecule has 0 unspecified atom stereocenters. The van der Waals surface area contributed by atoms with Gasteiger partial charge in [0.1, 0.15) is 11.5 Å². The minimum atomic E-state index is -0.937. The van der Waals surface area contributed by atoms with Gasteiger partial charge >= 0.3 is 5.97 Å². The first-order valence-electron chi connectivity index (χ1n) is 7.63. The molecule has 0 saturated carbocycles. The van der Waals surface area contributed by atoms with E-state index in [0.29, 0.717) is 29.6 Å². The quantitative estimate of drug-likeness (QED) is 0.756. The van der Waals surface area contributed by atoms with Crippen molar-refractivity contribution in [2.75, 3.05) is 27.3 Å². The third-order valence-electron chi connectivity index (χ3n) is 3.38. The lowest BCUT2D eigenvalue weighted by atomic mass is 10.1. The van der Waals surface area contributed by atoms with Gasteiger partial charge in [-0.3, -0.25) is 9.59 Å². The highest BCUT2D eigenvalue weighted by Gasteiger charge is 2.18. The molecule has 0 aromatic heterocycles. The van der Waals surface area contributed by atoms with Crippen LogP contribution in [-0.4, -0.2) is 49.2 Å². The Balaban J connectivity index is 2.89. The number of nitrogens with zero attached hydrogens (tertiary/aromatic N) is 1. The summed E-state index contributed by atoms with van der Waals surface area (Å²) >= 11 is 0. The number of hydrogen-bond donors (Lipinski definition) is 1. The minimum absolute atomic E-state index is 0.0953. The molecule has 0 spiro atoms. The van der Waals surface area contributed by atoms with Crippen molar-refractivity contribution in [1.82, 2.24) is 4.90 Å². The fourth-order valence-corrected chi connectivity index (χ4v) is 1.90. The largest absolute Gasteiger partial charge is 0.497 e. The third kappa shape index (κ3) is 6.18. The van der Waals surface area contributed by atoms with Crippen molar-refractivity contribution in [2.24, 2.45) is 5.92 Å². The van der Waals surface area contributed by atoms with E-state index in [1.165, 1.54) is 4.90 Å². The maximum atomic E-state index is 12.5. The summed E-state index contributed by atoms with van der Waals surface area (Å²) in [5.41, 5.74) is 0.405. The van der Waals surface area contributed by atoms with Crippen molar-refractivity contribution in [3.05, 3.63) is 23.8 Å². The highest BCUT2D eigenvalue weighted by molar-refractivity contribution is 5.97. The summed E-state index contributed by atoms with van der Waals surface area (Å²) in [6.07, 6.45) is 0.779. The molecule has 0 fully saturated rings. The number of carboxylic acids is 1. The van der Waals surface area contributed by atoms with E-state index in [1.54, 1.807) is 32.4 Å². The van der Waals surface area contributed by atoms with E-state index < -0.39 is 5.97 Å². The standard InChI is InChI=1S/C17H25NO5/c1-12(2)8-10-23-15-11-13(22-4)5-6-14(15)17(21)18(3)9-7-16(19)20/h5-6,11-12H,7-10H2,1-4H3,(H,19,20). The minimum Gasteiger partial charge on any atom is -0.497 e. The summed E-state index contributed by atoms with van der Waals surface area (Å²) in [6.45, 7) is 4.84. The van der Waals surface area contributed by atoms with Gasteiger partial charge in [0, 0.05) is 19.7 Å². The third-order valence-corrected chi connectivity index (χ3v) is 3.38. The van der Waals surface area contributed by atoms with Crippen molar-refractivity contribution >= 4 is 11.9 Å². The second-order valence-corrected chi connectivity index (χ2v) is 5.76. The van der Waals surface area contributed by atoms with Gasteiger partial charge in [0.05, 0.1) is 25.7 Å². The van der Waals surface area contributed by atoms with Crippen LogP contribution in [-0.2, 0) is 4.79 Å². The van der Waals surface area contributed by atoms with Crippen molar-refractivity contribution in [3.8, 4) is 11.5 Å². The predicted octanol–water partition coefficient (Wildman–Crippen LogP) is 2.67. The molecule has 0 aliphatic carbocycles. The predicted molar refractivity (Wildman–Crippen MR) is 87.2 cm³/mol. The molecule has 1 aromatic carbocycles. The van der Waals surface area contributed by atoms with Gasteiger partial charge in [-0.05, 0) is 24.5 Å². The Morgan fingerprint density at radius 2 is 2.00 bits per heavy atom. The van der Waals surface area contributed by atoms with Crippen LogP contribution in [0.2, 0.25) is 0 Å². The summed E-state index contributed by atoms with van der Waals surface area (Å²) in [5, 5.41) is 8.73. The summed E-state index contributed by atoms with van der Waals surface area (Å²) in [4.78, 5) is 24.5. The summed E-state index contributed by atoms with van der Waals surface area (Å²) in [7, 11) is 3.13. The van der Waals surface area contributed by atoms with Gasteiger partial charge in [-0.2, -0.15) is 0 Å². The van der Waals surface area contributed by atoms with E-state index >= 15 is 0 Å². The van der Waals surface area contributed by atoms with E-state index in [-0.39, 0.29) is 18.9 Å². The molecule has 1 amide bonds. The van der Waals surface area contributed by atoms with Gasteiger partial charge in [0.25, 0.3) is 5.91 Å². The number of carbonyl (C=O) groups excluding carboxylic acids is 1. The number of carbonyl (C=O) groups is 2. The maximum absolute atomic E-state index is 12.5. The van der Waals surface area contributed by atoms with Crippen LogP contribution >= 0.6 is 0 Å². The van der Waals surface area contributed by atoms with Crippen LogP contribution in [0.5, 0.6) is 11.5 Å². The van der Waals surface area contributed by atoms with Crippen LogP contribution in [0.3, 0.4) is 0 Å². The van der Waals surface area contributed by atoms with Gasteiger partial charge in [0.15, 0.2) is 0 Å². The molecule has 0 saturated heterocycles. The van der Waals surface area contributed by atoms with Crippen molar-refractivity contribution < 1.29 is 24.2 Å². The fraction of sp³-hybridized carbons (Fsp3) is 0.529. The summed E-state index contributed by atoms with van der Waals surface area (Å²) in [6, 6.07) is 5.01. The SMILES string of the molecule is COc1ccc(C(=O)N(C)CCC(=O)O)c(OCCC(C)C)c1. The Morgan fingerprint density at radius 1 is 1.30 bits per heavy atom. The number of carboxylic acid groups (broad SMARTS) is 1. The van der Waals surface area contributed by atoms with Gasteiger partial charge in [-0.25, -0.2) is 0 Å². The zero-order valence-electron chi connectivity index (χ0n) is 14.2. The smallest absolute Gasteiger partial charge is 0.305 e. The average Bonchev–Trinajstić information content (AvgIpc) is 2.51. The van der Waals surface area contributed by atoms with Crippen molar-refractivity contribution in [2.45, 2.75) is 26.7 Å². The highest BCUT2D eigenvalue weighted by atomic mass is 16.5. The summed E-state index contributed by atoms with van der Waals surface area (Å²) in [5.74, 6) is 0.352. The zero-order valence-corrected chi connectivity index (χ0v) is 14.2. The lowest BCUT2D eigenvalue weighted by molar-refractivity contribution is -0.137. The molecule has 23 heavy (non-hydrogen) atoms. The van der Waals surface area contributed by atoms with E-state index in [1.807, 2.05) is 0 Å². The lowest BCUT2D eigenvalue weighted by Gasteiger charge is -2.19. The van der Waals surface area contributed by atoms with Crippen LogP contribution in [0.4, 0.5) is 0 Å². The normalized spacial score (nSPS) is 10.5. The number of hydrogen-bond acceptors (Lipinski definition) is 4. The maximum Gasteiger partial charge on any atom is 0.305 e. The van der Waals surface area contributed by atoms with Crippen LogP contribution < -0.4 is 9.47 Å². The van der Waals surface area contributed by atoms with E-state index in [4.69, 9.17) is 14.6 Å². The molecule has 0 aliphatic heterocycles. The average molecular weight is 323 g/mol. The molecule has 0 radical (unpaired) electrons. The molecule has 0 aliphatic rings. The Bertz CT molecular complexity index is 542. The lowest BCUT2D eigenvalue weighted by Crippen LogP contribution is -2.29. The van der Waals surface area contributed by atoms with Gasteiger partial charge < -0.3 is 19.5 Å². The van der Waals surface area contributed by atoms with Crippen molar-refractivity contribution in [1.29, 1.82) is 0 Å². The van der Waals surface area contributed by atoms with Crippen LogP contribution in [0.25, 0.3) is 0 Å². The molecule has 1 aromatic rings. The second-order valence-electron chi connectivity index (χ2n) is 5.76. The number of ether oxygens (including phenoxy) is 2. The van der Waals surface area contributed by atoms with E-state index in [0.717, 1.165) is 6.42 Å². The van der Waals surface area contributed by atoms with Crippen LogP contribution in [0, 0.1) is 5.92 Å². The molecular formula is C17H25NO5. The number of benzene rings is 1. The molecule has 1 N–H and O–H groups in total. The van der Waals surface area contributed by atoms with Gasteiger partial charge in [0.2, 0.25) is 0 Å². The Morgan fingerprint density at radius 3 is 2.57 bits per heavy atom. The monoisotopic (exact) mass is 323 g/mol. The molecule has 128 valence electrons. The molecule has 0 atom stereocenters. The first-order valence-corrected chi connectivity index (χ1v) is 7.63. The molecule has 6 heteroatoms. The Labute approximate surface area is 137 Å². The fourth-order valence-electron chi connectivity index (χ4n) is 1.90. The number of amides is 1. The molecular weight excluding hydrogens is 298 g/mol. The molecule has 6 nitrogen and oxygen atoms in total. The van der Waals surface area contributed by atoms with Crippen LogP contribution in [0.1, 0.15) is 37.0 Å². The second kappa shape index (κ2) is 9.02.